The van der Waals surface area contributed by atoms with E-state index in [2.05, 4.69) is 16.0 Å². The minimum atomic E-state index is -0.826. The molecule has 0 radical (unpaired) electrons. The van der Waals surface area contributed by atoms with Crippen molar-refractivity contribution in [3.8, 4) is 0 Å². The van der Waals surface area contributed by atoms with Gasteiger partial charge in [0, 0.05) is 31.6 Å². The number of halogens is 2. The van der Waals surface area contributed by atoms with Crippen LogP contribution in [0.25, 0.3) is 11.0 Å². The molecule has 3 atom stereocenters. The molecular weight excluding hydrogens is 393 g/mol. The number of imidazole rings is 1. The summed E-state index contributed by atoms with van der Waals surface area (Å²) in [4.78, 5) is 17.8. The molecule has 29 heavy (non-hydrogen) atoms. The predicted octanol–water partition coefficient (Wildman–Crippen LogP) is 4.38. The molecule has 2 heterocycles. The Bertz CT molecular complexity index is 873. The smallest absolute Gasteiger partial charge is 0.326 e. The summed E-state index contributed by atoms with van der Waals surface area (Å²) in [5.74, 6) is 0. The Balaban J connectivity index is 0.00000240. The average Bonchev–Trinajstić information content (AvgIpc) is 2.96. The first-order chi connectivity index (χ1) is 13.4. The summed E-state index contributed by atoms with van der Waals surface area (Å²) in [6, 6.07) is 6.25. The zero-order chi connectivity index (χ0) is 19.8. The van der Waals surface area contributed by atoms with E-state index >= 15 is 0 Å². The van der Waals surface area contributed by atoms with Crippen molar-refractivity contribution < 1.29 is 9.13 Å². The van der Waals surface area contributed by atoms with Crippen LogP contribution >= 0.6 is 12.4 Å². The molecule has 2 fully saturated rings. The predicted molar refractivity (Wildman–Crippen MR) is 117 cm³/mol. The summed E-state index contributed by atoms with van der Waals surface area (Å²) >= 11 is 0. The molecule has 1 aliphatic carbocycles. The van der Waals surface area contributed by atoms with E-state index in [-0.39, 0.29) is 42.4 Å². The van der Waals surface area contributed by atoms with Crippen LogP contribution in [-0.2, 0) is 4.74 Å². The highest BCUT2D eigenvalue weighted by molar-refractivity contribution is 5.85. The quantitative estimate of drug-likeness (QED) is 0.790. The van der Waals surface area contributed by atoms with Crippen molar-refractivity contribution in [2.24, 2.45) is 0 Å². The number of aromatic nitrogens is 2. The molecule has 5 nitrogen and oxygen atoms in total. The van der Waals surface area contributed by atoms with E-state index < -0.39 is 6.17 Å². The SMILES string of the molecule is Cc1ccc2[nH]c(=O)n(C3CCN(C4CCC(OC(C)C)CC4F)CC3)c2c1.Cl. The fourth-order valence-corrected chi connectivity index (χ4v) is 5.05. The molecule has 4 rings (SSSR count). The van der Waals surface area contributed by atoms with Gasteiger partial charge in [-0.3, -0.25) is 9.47 Å². The number of nitrogens with one attached hydrogen (secondary N) is 1. The van der Waals surface area contributed by atoms with Gasteiger partial charge in [-0.05, 0) is 64.2 Å². The molecule has 1 aromatic heterocycles. The lowest BCUT2D eigenvalue weighted by Crippen LogP contribution is -2.50. The number of rotatable bonds is 4. The number of benzene rings is 1. The van der Waals surface area contributed by atoms with Crippen LogP contribution in [0.5, 0.6) is 0 Å². The first-order valence-electron chi connectivity index (χ1n) is 10.7. The van der Waals surface area contributed by atoms with Crippen molar-refractivity contribution in [3.05, 3.63) is 34.2 Å². The number of aromatic amines is 1. The van der Waals surface area contributed by atoms with Gasteiger partial charge in [0.2, 0.25) is 0 Å². The van der Waals surface area contributed by atoms with Gasteiger partial charge in [0.1, 0.15) is 6.17 Å². The lowest BCUT2D eigenvalue weighted by molar-refractivity contribution is -0.0560. The highest BCUT2D eigenvalue weighted by Crippen LogP contribution is 2.33. The summed E-state index contributed by atoms with van der Waals surface area (Å²) in [6.45, 7) is 7.76. The summed E-state index contributed by atoms with van der Waals surface area (Å²) < 4.78 is 22.6. The number of H-pyrrole nitrogens is 1. The van der Waals surface area contributed by atoms with Crippen LogP contribution in [0.2, 0.25) is 0 Å². The van der Waals surface area contributed by atoms with E-state index in [9.17, 15) is 9.18 Å². The number of aryl methyl sites for hydroxylation is 1. The third kappa shape index (κ3) is 4.70. The highest BCUT2D eigenvalue weighted by atomic mass is 35.5. The molecule has 162 valence electrons. The number of ether oxygens (including phenoxy) is 1. The molecule has 1 aliphatic heterocycles. The van der Waals surface area contributed by atoms with Crippen LogP contribution in [-0.4, -0.2) is 52.0 Å². The Hall–Kier alpha value is -1.37. The maximum absolute atomic E-state index is 14.8. The summed E-state index contributed by atoms with van der Waals surface area (Å²) in [5, 5.41) is 0. The summed E-state index contributed by atoms with van der Waals surface area (Å²) in [5.41, 5.74) is 3.00. The Labute approximate surface area is 178 Å². The zero-order valence-electron chi connectivity index (χ0n) is 17.6. The van der Waals surface area contributed by atoms with Crippen LogP contribution in [0.3, 0.4) is 0 Å². The van der Waals surface area contributed by atoms with Gasteiger partial charge in [-0.2, -0.15) is 0 Å². The van der Waals surface area contributed by atoms with Crippen molar-refractivity contribution in [1.29, 1.82) is 0 Å². The van der Waals surface area contributed by atoms with Gasteiger partial charge in [-0.1, -0.05) is 6.07 Å². The zero-order valence-corrected chi connectivity index (χ0v) is 18.4. The molecule has 1 saturated heterocycles. The van der Waals surface area contributed by atoms with Gasteiger partial charge in [0.25, 0.3) is 0 Å². The molecule has 0 spiro atoms. The van der Waals surface area contributed by atoms with Crippen molar-refractivity contribution in [2.75, 3.05) is 13.1 Å². The first kappa shape index (κ1) is 22.3. The van der Waals surface area contributed by atoms with Crippen molar-refractivity contribution in [3.63, 3.8) is 0 Å². The molecule has 1 aromatic carbocycles. The van der Waals surface area contributed by atoms with E-state index in [0.29, 0.717) is 6.42 Å². The number of hydrogen-bond donors (Lipinski definition) is 1. The molecule has 2 aromatic rings. The van der Waals surface area contributed by atoms with Gasteiger partial charge in [-0.25, -0.2) is 9.18 Å². The largest absolute Gasteiger partial charge is 0.375 e. The van der Waals surface area contributed by atoms with E-state index in [4.69, 9.17) is 4.74 Å². The van der Waals surface area contributed by atoms with Gasteiger partial charge < -0.3 is 9.72 Å². The minimum absolute atomic E-state index is 0. The van der Waals surface area contributed by atoms with Crippen molar-refractivity contribution in [2.45, 2.75) is 83.3 Å². The number of nitrogens with zero attached hydrogens (tertiary/aromatic N) is 2. The maximum Gasteiger partial charge on any atom is 0.326 e. The number of hydrogen-bond acceptors (Lipinski definition) is 3. The number of alkyl halides is 1. The van der Waals surface area contributed by atoms with Crippen LogP contribution in [0.15, 0.2) is 23.0 Å². The third-order valence-corrected chi connectivity index (χ3v) is 6.36. The van der Waals surface area contributed by atoms with E-state index in [1.807, 2.05) is 37.5 Å². The van der Waals surface area contributed by atoms with Gasteiger partial charge in [0.05, 0.1) is 23.2 Å². The van der Waals surface area contributed by atoms with Gasteiger partial charge in [0.15, 0.2) is 0 Å². The van der Waals surface area contributed by atoms with Crippen LogP contribution in [0.1, 0.15) is 57.6 Å². The second kappa shape index (κ2) is 9.19. The molecule has 2 aliphatic rings. The lowest BCUT2D eigenvalue weighted by Gasteiger charge is -2.42. The van der Waals surface area contributed by atoms with Gasteiger partial charge >= 0.3 is 5.69 Å². The molecule has 1 N–H and O–H groups in total. The Kier molecular flexibility index (Phi) is 7.07. The molecule has 3 unspecified atom stereocenters. The van der Waals surface area contributed by atoms with Gasteiger partial charge in [-0.15, -0.1) is 12.4 Å². The van der Waals surface area contributed by atoms with Crippen molar-refractivity contribution >= 4 is 23.4 Å². The second-order valence-electron chi connectivity index (χ2n) is 8.79. The van der Waals surface area contributed by atoms with E-state index in [1.165, 1.54) is 0 Å². The topological polar surface area (TPSA) is 50.3 Å². The second-order valence-corrected chi connectivity index (χ2v) is 8.79. The number of piperidine rings is 1. The number of fused-ring (bicyclic) bond motifs is 1. The molecule has 7 heteroatoms. The lowest BCUT2D eigenvalue weighted by atomic mass is 9.88. The standard InChI is InChI=1S/C22H32FN3O2.ClH/c1-14(2)28-17-5-7-20(18(23)13-17)25-10-8-16(9-11-25)26-21-12-15(3)4-6-19(21)24-22(26)27;/h4,6,12,14,16-18,20H,5,7-11,13H2,1-3H3,(H,24,27);1H. The Morgan fingerprint density at radius 1 is 1.17 bits per heavy atom. The normalized spacial score (nSPS) is 26.7. The van der Waals surface area contributed by atoms with E-state index in [0.717, 1.165) is 55.4 Å². The minimum Gasteiger partial charge on any atom is -0.375 e. The molecule has 1 saturated carbocycles. The van der Waals surface area contributed by atoms with Crippen LogP contribution in [0, 0.1) is 6.92 Å². The van der Waals surface area contributed by atoms with Crippen LogP contribution in [0.4, 0.5) is 4.39 Å². The molecule has 0 amide bonds. The average molecular weight is 426 g/mol. The van der Waals surface area contributed by atoms with Crippen molar-refractivity contribution in [1.82, 2.24) is 14.5 Å². The fourth-order valence-electron chi connectivity index (χ4n) is 5.05. The third-order valence-electron chi connectivity index (χ3n) is 6.36. The molecular formula is C22H33ClFN3O2. The summed E-state index contributed by atoms with van der Waals surface area (Å²) in [6.07, 6.45) is 3.45. The fraction of sp³-hybridized carbons (Fsp3) is 0.682. The van der Waals surface area contributed by atoms with Crippen LogP contribution < -0.4 is 5.69 Å². The Morgan fingerprint density at radius 2 is 1.90 bits per heavy atom. The first-order valence-corrected chi connectivity index (χ1v) is 10.7. The highest BCUT2D eigenvalue weighted by Gasteiger charge is 2.37. The number of likely N-dealkylation sites (tertiary alicyclic amines) is 1. The maximum atomic E-state index is 14.8. The Morgan fingerprint density at radius 3 is 2.55 bits per heavy atom. The molecule has 0 bridgehead atoms. The monoisotopic (exact) mass is 425 g/mol. The van der Waals surface area contributed by atoms with E-state index in [1.54, 1.807) is 0 Å². The summed E-state index contributed by atoms with van der Waals surface area (Å²) in [7, 11) is 0.